The van der Waals surface area contributed by atoms with E-state index in [9.17, 15) is 5.11 Å². The van der Waals surface area contributed by atoms with E-state index in [4.69, 9.17) is 5.73 Å². The van der Waals surface area contributed by atoms with E-state index >= 15 is 0 Å². The first-order valence-electron chi connectivity index (χ1n) is 5.14. The average Bonchev–Trinajstić information content (AvgIpc) is 2.58. The van der Waals surface area contributed by atoms with Crippen LogP contribution in [-0.4, -0.2) is 11.1 Å². The summed E-state index contributed by atoms with van der Waals surface area (Å²) in [7, 11) is 0. The molecule has 1 aliphatic rings. The van der Waals surface area contributed by atoms with Gasteiger partial charge in [-0.05, 0) is 49.6 Å². The van der Waals surface area contributed by atoms with E-state index in [-0.39, 0.29) is 6.04 Å². The molecule has 78 valence electrons. The van der Waals surface area contributed by atoms with Gasteiger partial charge in [-0.15, -0.1) is 11.3 Å². The molecule has 1 aromatic heterocycles. The SMILES string of the molecule is Cc1sccc1C1(O)CCC(N)CC1. The minimum atomic E-state index is -0.597. The van der Waals surface area contributed by atoms with Crippen LogP contribution in [0.25, 0.3) is 0 Å². The standard InChI is InChI=1S/C11H17NOS/c1-8-10(4-7-14-8)11(13)5-2-9(12)3-6-11/h4,7,9,13H,2-3,5-6,12H2,1H3. The maximum atomic E-state index is 10.5. The van der Waals surface area contributed by atoms with Crippen LogP contribution in [0.2, 0.25) is 0 Å². The summed E-state index contributed by atoms with van der Waals surface area (Å²) in [6.07, 6.45) is 3.50. The molecule has 0 atom stereocenters. The normalized spacial score (nSPS) is 33.2. The summed E-state index contributed by atoms with van der Waals surface area (Å²) in [4.78, 5) is 1.24. The Hall–Kier alpha value is -0.380. The highest BCUT2D eigenvalue weighted by Crippen LogP contribution is 2.39. The molecule has 3 heteroatoms. The van der Waals surface area contributed by atoms with Gasteiger partial charge in [-0.1, -0.05) is 0 Å². The molecule has 2 rings (SSSR count). The van der Waals surface area contributed by atoms with Crippen molar-refractivity contribution in [1.29, 1.82) is 0 Å². The molecular weight excluding hydrogens is 194 g/mol. The fourth-order valence-electron chi connectivity index (χ4n) is 2.25. The monoisotopic (exact) mass is 211 g/mol. The highest BCUT2D eigenvalue weighted by molar-refractivity contribution is 7.10. The van der Waals surface area contributed by atoms with Gasteiger partial charge in [-0.3, -0.25) is 0 Å². The highest BCUT2D eigenvalue weighted by atomic mass is 32.1. The topological polar surface area (TPSA) is 46.2 Å². The lowest BCUT2D eigenvalue weighted by molar-refractivity contribution is -0.00506. The van der Waals surface area contributed by atoms with Crippen molar-refractivity contribution in [2.45, 2.75) is 44.2 Å². The van der Waals surface area contributed by atoms with Crippen LogP contribution in [0.5, 0.6) is 0 Å². The van der Waals surface area contributed by atoms with Crippen LogP contribution >= 0.6 is 11.3 Å². The average molecular weight is 211 g/mol. The van der Waals surface area contributed by atoms with Crippen LogP contribution in [0.15, 0.2) is 11.4 Å². The van der Waals surface area contributed by atoms with E-state index in [2.05, 4.69) is 18.4 Å². The summed E-state index contributed by atoms with van der Waals surface area (Å²) < 4.78 is 0. The maximum absolute atomic E-state index is 10.5. The summed E-state index contributed by atoms with van der Waals surface area (Å²) in [6, 6.07) is 2.34. The third-order valence-electron chi connectivity index (χ3n) is 3.22. The van der Waals surface area contributed by atoms with Crippen LogP contribution in [0.1, 0.15) is 36.1 Å². The zero-order chi connectivity index (χ0) is 10.2. The smallest absolute Gasteiger partial charge is 0.0908 e. The molecular formula is C11H17NOS. The van der Waals surface area contributed by atoms with Gasteiger partial charge >= 0.3 is 0 Å². The van der Waals surface area contributed by atoms with E-state index in [1.165, 1.54) is 4.88 Å². The molecule has 0 aliphatic heterocycles. The largest absolute Gasteiger partial charge is 0.385 e. The lowest BCUT2D eigenvalue weighted by Gasteiger charge is -2.35. The predicted octanol–water partition coefficient (Wildman–Crippen LogP) is 2.15. The van der Waals surface area contributed by atoms with Gasteiger partial charge in [0.05, 0.1) is 5.60 Å². The van der Waals surface area contributed by atoms with Crippen molar-refractivity contribution in [2.24, 2.45) is 5.73 Å². The first-order valence-corrected chi connectivity index (χ1v) is 6.02. The molecule has 0 aromatic carbocycles. The number of hydrogen-bond donors (Lipinski definition) is 2. The Labute approximate surface area is 88.8 Å². The molecule has 1 aliphatic carbocycles. The third-order valence-corrected chi connectivity index (χ3v) is 4.06. The van der Waals surface area contributed by atoms with Crippen LogP contribution in [0.4, 0.5) is 0 Å². The lowest BCUT2D eigenvalue weighted by Crippen LogP contribution is -2.36. The molecule has 1 heterocycles. The fourth-order valence-corrected chi connectivity index (χ4v) is 3.05. The summed E-state index contributed by atoms with van der Waals surface area (Å²) >= 11 is 1.71. The highest BCUT2D eigenvalue weighted by Gasteiger charge is 2.35. The Morgan fingerprint density at radius 1 is 1.50 bits per heavy atom. The molecule has 0 amide bonds. The zero-order valence-electron chi connectivity index (χ0n) is 8.49. The maximum Gasteiger partial charge on any atom is 0.0908 e. The molecule has 0 spiro atoms. The van der Waals surface area contributed by atoms with Crippen LogP contribution in [0.3, 0.4) is 0 Å². The predicted molar refractivity (Wildman–Crippen MR) is 59.4 cm³/mol. The molecule has 3 N–H and O–H groups in total. The molecule has 1 fully saturated rings. The Bertz CT molecular complexity index is 313. The van der Waals surface area contributed by atoms with Gasteiger partial charge in [0.2, 0.25) is 0 Å². The van der Waals surface area contributed by atoms with E-state index in [1.54, 1.807) is 11.3 Å². The summed E-state index contributed by atoms with van der Waals surface area (Å²) in [5, 5.41) is 12.5. The number of aliphatic hydroxyl groups is 1. The number of hydrogen-bond acceptors (Lipinski definition) is 3. The number of nitrogens with two attached hydrogens (primary N) is 1. The minimum absolute atomic E-state index is 0.286. The molecule has 0 unspecified atom stereocenters. The van der Waals surface area contributed by atoms with Crippen molar-refractivity contribution >= 4 is 11.3 Å². The molecule has 0 bridgehead atoms. The van der Waals surface area contributed by atoms with Crippen molar-refractivity contribution in [2.75, 3.05) is 0 Å². The molecule has 0 saturated heterocycles. The number of aryl methyl sites for hydroxylation is 1. The number of thiophene rings is 1. The first kappa shape index (κ1) is 10.1. The Balaban J connectivity index is 2.21. The molecule has 14 heavy (non-hydrogen) atoms. The number of rotatable bonds is 1. The second kappa shape index (κ2) is 3.65. The van der Waals surface area contributed by atoms with E-state index in [0.29, 0.717) is 0 Å². The summed E-state index contributed by atoms with van der Waals surface area (Å²) in [5.74, 6) is 0. The summed E-state index contributed by atoms with van der Waals surface area (Å²) in [6.45, 7) is 2.08. The Morgan fingerprint density at radius 2 is 2.14 bits per heavy atom. The first-order chi connectivity index (χ1) is 6.62. The zero-order valence-corrected chi connectivity index (χ0v) is 9.31. The quantitative estimate of drug-likeness (QED) is 0.747. The van der Waals surface area contributed by atoms with Crippen LogP contribution in [0, 0.1) is 6.92 Å². The van der Waals surface area contributed by atoms with Crippen molar-refractivity contribution in [3.05, 3.63) is 21.9 Å². The van der Waals surface area contributed by atoms with Gasteiger partial charge < -0.3 is 10.8 Å². The minimum Gasteiger partial charge on any atom is -0.385 e. The van der Waals surface area contributed by atoms with Gasteiger partial charge in [0, 0.05) is 10.9 Å². The Kier molecular flexibility index (Phi) is 2.64. The molecule has 1 aromatic rings. The van der Waals surface area contributed by atoms with Gasteiger partial charge in [-0.25, -0.2) is 0 Å². The van der Waals surface area contributed by atoms with E-state index in [0.717, 1.165) is 31.2 Å². The molecule has 1 saturated carbocycles. The van der Waals surface area contributed by atoms with Gasteiger partial charge in [0.15, 0.2) is 0 Å². The second-order valence-electron chi connectivity index (χ2n) is 4.26. The lowest BCUT2D eigenvalue weighted by atomic mass is 9.78. The fraction of sp³-hybridized carbons (Fsp3) is 0.636. The summed E-state index contributed by atoms with van der Waals surface area (Å²) in [5.41, 5.74) is 6.36. The third kappa shape index (κ3) is 1.72. The van der Waals surface area contributed by atoms with Gasteiger partial charge in [0.1, 0.15) is 0 Å². The van der Waals surface area contributed by atoms with Gasteiger partial charge in [-0.2, -0.15) is 0 Å². The second-order valence-corrected chi connectivity index (χ2v) is 5.38. The van der Waals surface area contributed by atoms with Crippen LogP contribution < -0.4 is 5.73 Å². The molecule has 0 radical (unpaired) electrons. The van der Waals surface area contributed by atoms with Gasteiger partial charge in [0.25, 0.3) is 0 Å². The van der Waals surface area contributed by atoms with Crippen molar-refractivity contribution in [3.8, 4) is 0 Å². The van der Waals surface area contributed by atoms with Crippen molar-refractivity contribution in [3.63, 3.8) is 0 Å². The van der Waals surface area contributed by atoms with Crippen molar-refractivity contribution in [1.82, 2.24) is 0 Å². The Morgan fingerprint density at radius 3 is 2.64 bits per heavy atom. The van der Waals surface area contributed by atoms with E-state index in [1.807, 2.05) is 0 Å². The van der Waals surface area contributed by atoms with Crippen molar-refractivity contribution < 1.29 is 5.11 Å². The molecule has 2 nitrogen and oxygen atoms in total. The van der Waals surface area contributed by atoms with E-state index < -0.39 is 5.60 Å². The van der Waals surface area contributed by atoms with Crippen LogP contribution in [-0.2, 0) is 5.60 Å².